The van der Waals surface area contributed by atoms with E-state index in [1.165, 1.54) is 0 Å². The molecule has 4 rings (SSSR count). The highest BCUT2D eigenvalue weighted by Crippen LogP contribution is 2.41. The summed E-state index contributed by atoms with van der Waals surface area (Å²) in [5, 5.41) is 12.1. The third-order valence-corrected chi connectivity index (χ3v) is 6.90. The van der Waals surface area contributed by atoms with E-state index < -0.39 is 5.60 Å². The monoisotopic (exact) mass is 384 g/mol. The molecule has 1 saturated heterocycles. The Morgan fingerprint density at radius 3 is 2.85 bits per heavy atom. The number of aliphatic imine (C=N–C) groups is 1. The van der Waals surface area contributed by atoms with E-state index in [-0.39, 0.29) is 0 Å². The molecule has 1 aliphatic rings. The predicted octanol–water partition coefficient (Wildman–Crippen LogP) is 3.70. The van der Waals surface area contributed by atoms with Gasteiger partial charge in [-0.05, 0) is 48.6 Å². The molecule has 0 amide bonds. The van der Waals surface area contributed by atoms with Crippen molar-refractivity contribution in [3.63, 3.8) is 0 Å². The number of nitrogens with zero attached hydrogens (tertiary/aromatic N) is 3. The fraction of sp³-hybridized carbons (Fsp3) is 0.316. The summed E-state index contributed by atoms with van der Waals surface area (Å²) in [5.74, 6) is 2.46. The summed E-state index contributed by atoms with van der Waals surface area (Å²) in [4.78, 5) is 15.0. The van der Waals surface area contributed by atoms with Gasteiger partial charge in [0.15, 0.2) is 0 Å². The van der Waals surface area contributed by atoms with Gasteiger partial charge in [0, 0.05) is 40.8 Å². The Labute approximate surface area is 160 Å². The first-order chi connectivity index (χ1) is 12.6. The van der Waals surface area contributed by atoms with Crippen molar-refractivity contribution in [3.05, 3.63) is 40.9 Å². The molecule has 5 nitrogen and oxygen atoms in total. The standard InChI is InChI=1S/C19H20N4OS2/c1-21-10-14-8-13(11-22-17(14)20)15-3-2-12-9-16(26-18(12)23-15)19(24)4-6-25-7-5-19/h2-3,8-11,24H,4-7H2,1H3,(H2,20,22). The van der Waals surface area contributed by atoms with Gasteiger partial charge in [-0.3, -0.25) is 4.99 Å². The van der Waals surface area contributed by atoms with Crippen LogP contribution in [0.2, 0.25) is 0 Å². The Morgan fingerprint density at radius 1 is 1.27 bits per heavy atom. The molecule has 0 radical (unpaired) electrons. The zero-order chi connectivity index (χ0) is 18.1. The van der Waals surface area contributed by atoms with Crippen molar-refractivity contribution in [1.82, 2.24) is 9.97 Å². The maximum atomic E-state index is 11.0. The number of aromatic nitrogens is 2. The molecule has 0 saturated carbocycles. The summed E-state index contributed by atoms with van der Waals surface area (Å²) in [6, 6.07) is 8.08. The number of rotatable bonds is 3. The Morgan fingerprint density at radius 2 is 2.08 bits per heavy atom. The first-order valence-electron chi connectivity index (χ1n) is 8.48. The number of nitrogens with two attached hydrogens (primary N) is 1. The lowest BCUT2D eigenvalue weighted by atomic mass is 9.95. The van der Waals surface area contributed by atoms with Crippen LogP contribution in [0.3, 0.4) is 0 Å². The molecule has 134 valence electrons. The molecule has 4 heterocycles. The minimum atomic E-state index is -0.704. The average molecular weight is 385 g/mol. The normalized spacial score (nSPS) is 17.2. The van der Waals surface area contributed by atoms with Gasteiger partial charge in [-0.25, -0.2) is 9.97 Å². The minimum absolute atomic E-state index is 0.455. The summed E-state index contributed by atoms with van der Waals surface area (Å²) in [7, 11) is 1.71. The molecular weight excluding hydrogens is 364 g/mol. The second-order valence-corrected chi connectivity index (χ2v) is 8.69. The van der Waals surface area contributed by atoms with Crippen LogP contribution in [0.5, 0.6) is 0 Å². The van der Waals surface area contributed by atoms with Crippen molar-refractivity contribution < 1.29 is 5.11 Å². The maximum absolute atomic E-state index is 11.0. The zero-order valence-electron chi connectivity index (χ0n) is 14.5. The van der Waals surface area contributed by atoms with E-state index in [1.807, 2.05) is 23.9 Å². The molecule has 0 atom stereocenters. The van der Waals surface area contributed by atoms with Gasteiger partial charge in [-0.2, -0.15) is 11.8 Å². The summed E-state index contributed by atoms with van der Waals surface area (Å²) < 4.78 is 0. The number of hydrogen-bond acceptors (Lipinski definition) is 7. The van der Waals surface area contributed by atoms with E-state index in [1.54, 1.807) is 30.8 Å². The van der Waals surface area contributed by atoms with E-state index in [9.17, 15) is 5.11 Å². The molecule has 0 unspecified atom stereocenters. The van der Waals surface area contributed by atoms with Crippen molar-refractivity contribution in [2.24, 2.45) is 4.99 Å². The Bertz CT molecular complexity index is 977. The lowest BCUT2D eigenvalue weighted by molar-refractivity contribution is 0.0319. The average Bonchev–Trinajstić information content (AvgIpc) is 3.08. The van der Waals surface area contributed by atoms with Crippen LogP contribution < -0.4 is 5.73 Å². The molecule has 7 heteroatoms. The topological polar surface area (TPSA) is 84.4 Å². The Balaban J connectivity index is 1.73. The van der Waals surface area contributed by atoms with E-state index in [0.717, 1.165) is 56.3 Å². The summed E-state index contributed by atoms with van der Waals surface area (Å²) in [6.45, 7) is 0. The number of pyridine rings is 2. The van der Waals surface area contributed by atoms with Crippen molar-refractivity contribution in [1.29, 1.82) is 0 Å². The van der Waals surface area contributed by atoms with Crippen LogP contribution in [0.25, 0.3) is 21.5 Å². The highest BCUT2D eigenvalue weighted by Gasteiger charge is 2.33. The van der Waals surface area contributed by atoms with Crippen LogP contribution in [0, 0.1) is 0 Å². The summed E-state index contributed by atoms with van der Waals surface area (Å²) in [5.41, 5.74) is 7.72. The van der Waals surface area contributed by atoms with Gasteiger partial charge in [-0.1, -0.05) is 0 Å². The van der Waals surface area contributed by atoms with Gasteiger partial charge in [0.05, 0.1) is 5.69 Å². The van der Waals surface area contributed by atoms with Gasteiger partial charge in [0.2, 0.25) is 0 Å². The smallest absolute Gasteiger partial charge is 0.132 e. The fourth-order valence-corrected chi connectivity index (χ4v) is 5.48. The molecule has 26 heavy (non-hydrogen) atoms. The molecule has 0 aromatic carbocycles. The zero-order valence-corrected chi connectivity index (χ0v) is 16.1. The van der Waals surface area contributed by atoms with E-state index in [4.69, 9.17) is 10.7 Å². The lowest BCUT2D eigenvalue weighted by Gasteiger charge is -2.30. The molecule has 3 aromatic rings. The number of nitrogen functional groups attached to an aromatic ring is 1. The van der Waals surface area contributed by atoms with E-state index in [0.29, 0.717) is 5.82 Å². The van der Waals surface area contributed by atoms with Gasteiger partial charge in [0.1, 0.15) is 16.2 Å². The van der Waals surface area contributed by atoms with Crippen LogP contribution in [-0.2, 0) is 5.60 Å². The van der Waals surface area contributed by atoms with Crippen LogP contribution in [0.4, 0.5) is 5.82 Å². The Kier molecular flexibility index (Phi) is 4.69. The van der Waals surface area contributed by atoms with Crippen molar-refractivity contribution in [2.45, 2.75) is 18.4 Å². The van der Waals surface area contributed by atoms with E-state index >= 15 is 0 Å². The molecule has 0 aliphatic carbocycles. The lowest BCUT2D eigenvalue weighted by Crippen LogP contribution is -2.29. The van der Waals surface area contributed by atoms with Gasteiger partial charge in [0.25, 0.3) is 0 Å². The second kappa shape index (κ2) is 6.98. The first-order valence-corrected chi connectivity index (χ1v) is 10.5. The highest BCUT2D eigenvalue weighted by molar-refractivity contribution is 7.99. The van der Waals surface area contributed by atoms with Gasteiger partial charge in [-0.15, -0.1) is 11.3 Å². The van der Waals surface area contributed by atoms with Crippen LogP contribution in [0.1, 0.15) is 23.3 Å². The molecule has 3 aromatic heterocycles. The summed E-state index contributed by atoms with van der Waals surface area (Å²) in [6.07, 6.45) is 5.04. The minimum Gasteiger partial charge on any atom is -0.384 e. The van der Waals surface area contributed by atoms with Crippen molar-refractivity contribution in [2.75, 3.05) is 24.3 Å². The molecule has 0 bridgehead atoms. The maximum Gasteiger partial charge on any atom is 0.132 e. The molecular formula is C19H20N4OS2. The highest BCUT2D eigenvalue weighted by atomic mass is 32.2. The largest absolute Gasteiger partial charge is 0.384 e. The third-order valence-electron chi connectivity index (χ3n) is 4.67. The summed E-state index contributed by atoms with van der Waals surface area (Å²) >= 11 is 3.49. The third kappa shape index (κ3) is 3.22. The number of anilines is 1. The quantitative estimate of drug-likeness (QED) is 0.673. The van der Waals surface area contributed by atoms with Crippen molar-refractivity contribution >= 4 is 45.3 Å². The predicted molar refractivity (Wildman–Crippen MR) is 111 cm³/mol. The number of aliphatic hydroxyl groups is 1. The molecule has 1 fully saturated rings. The van der Waals surface area contributed by atoms with Crippen LogP contribution in [-0.4, -0.2) is 39.8 Å². The van der Waals surface area contributed by atoms with Gasteiger partial charge >= 0.3 is 0 Å². The number of hydrogen-bond donors (Lipinski definition) is 2. The Hall–Kier alpha value is -1.96. The molecule has 0 spiro atoms. The molecule has 3 N–H and O–H groups in total. The number of thiophene rings is 1. The van der Waals surface area contributed by atoms with Crippen LogP contribution >= 0.6 is 23.1 Å². The number of fused-ring (bicyclic) bond motifs is 1. The SMILES string of the molecule is CN=Cc1cc(-c2ccc3cc(C4(O)CCSCC4)sc3n2)cnc1N. The first kappa shape index (κ1) is 17.5. The number of thioether (sulfide) groups is 1. The van der Waals surface area contributed by atoms with E-state index in [2.05, 4.69) is 22.1 Å². The van der Waals surface area contributed by atoms with Crippen molar-refractivity contribution in [3.8, 4) is 11.3 Å². The molecule has 1 aliphatic heterocycles. The fourth-order valence-electron chi connectivity index (χ4n) is 3.14. The van der Waals surface area contributed by atoms with Gasteiger partial charge < -0.3 is 10.8 Å². The van der Waals surface area contributed by atoms with Crippen LogP contribution in [0.15, 0.2) is 35.5 Å². The second-order valence-electron chi connectivity index (χ2n) is 6.43.